The lowest BCUT2D eigenvalue weighted by Gasteiger charge is -2.08. The molecular formula is C19H19FN2O3S. The van der Waals surface area contributed by atoms with Crippen molar-refractivity contribution in [1.82, 2.24) is 4.57 Å². The van der Waals surface area contributed by atoms with E-state index in [9.17, 15) is 9.18 Å². The Hall–Kier alpha value is -2.67. The van der Waals surface area contributed by atoms with Crippen molar-refractivity contribution in [3.05, 3.63) is 52.6 Å². The lowest BCUT2D eigenvalue weighted by molar-refractivity contribution is 0.0998. The van der Waals surface area contributed by atoms with Gasteiger partial charge in [-0.3, -0.25) is 4.79 Å². The Morgan fingerprint density at radius 2 is 1.81 bits per heavy atom. The van der Waals surface area contributed by atoms with Crippen LogP contribution in [0.5, 0.6) is 11.5 Å². The molecule has 1 aromatic heterocycles. The summed E-state index contributed by atoms with van der Waals surface area (Å²) in [5.41, 5.74) is 1.28. The van der Waals surface area contributed by atoms with Crippen LogP contribution in [-0.2, 0) is 6.54 Å². The van der Waals surface area contributed by atoms with E-state index in [0.29, 0.717) is 28.4 Å². The smallest absolute Gasteiger partial charge is 0.279 e. The summed E-state index contributed by atoms with van der Waals surface area (Å²) in [5, 5.41) is 0. The first-order chi connectivity index (χ1) is 12.6. The molecule has 5 nitrogen and oxygen atoms in total. The maximum atomic E-state index is 13.1. The third kappa shape index (κ3) is 3.48. The number of carbonyl (C=O) groups excluding carboxylic acids is 1. The minimum absolute atomic E-state index is 0.349. The van der Waals surface area contributed by atoms with Crippen molar-refractivity contribution in [3.8, 4) is 11.5 Å². The Balaban J connectivity index is 2.16. The third-order valence-electron chi connectivity index (χ3n) is 3.92. The molecule has 7 heteroatoms. The molecule has 0 saturated carbocycles. The number of thiazole rings is 1. The maximum Gasteiger partial charge on any atom is 0.279 e. The highest BCUT2D eigenvalue weighted by Gasteiger charge is 2.13. The third-order valence-corrected chi connectivity index (χ3v) is 4.96. The van der Waals surface area contributed by atoms with E-state index in [1.807, 2.05) is 16.7 Å². The largest absolute Gasteiger partial charge is 0.493 e. The highest BCUT2D eigenvalue weighted by molar-refractivity contribution is 7.16. The lowest BCUT2D eigenvalue weighted by Crippen LogP contribution is -2.16. The number of fused-ring (bicyclic) bond motifs is 1. The highest BCUT2D eigenvalue weighted by Crippen LogP contribution is 2.33. The number of hydrogen-bond acceptors (Lipinski definition) is 4. The number of aromatic nitrogens is 1. The summed E-state index contributed by atoms with van der Waals surface area (Å²) in [6.07, 6.45) is 0.887. The minimum atomic E-state index is -0.402. The average molecular weight is 374 g/mol. The van der Waals surface area contributed by atoms with Crippen molar-refractivity contribution in [3.63, 3.8) is 0 Å². The minimum Gasteiger partial charge on any atom is -0.493 e. The summed E-state index contributed by atoms with van der Waals surface area (Å²) in [4.78, 5) is 17.3. The molecule has 0 aliphatic heterocycles. The van der Waals surface area contributed by atoms with E-state index in [0.717, 1.165) is 16.6 Å². The molecule has 0 spiro atoms. The summed E-state index contributed by atoms with van der Waals surface area (Å²) in [6.45, 7) is 2.77. The molecule has 2 aromatic carbocycles. The van der Waals surface area contributed by atoms with Crippen LogP contribution < -0.4 is 14.3 Å². The van der Waals surface area contributed by atoms with Gasteiger partial charge in [0.05, 0.1) is 24.4 Å². The highest BCUT2D eigenvalue weighted by atomic mass is 32.1. The fourth-order valence-corrected chi connectivity index (χ4v) is 3.73. The number of hydrogen-bond donors (Lipinski definition) is 0. The number of carbonyl (C=O) groups is 1. The lowest BCUT2D eigenvalue weighted by atomic mass is 10.2. The zero-order valence-electron chi connectivity index (χ0n) is 14.8. The molecule has 0 saturated heterocycles. The molecule has 0 radical (unpaired) electrons. The Labute approximate surface area is 154 Å². The SMILES string of the molecule is CCCn1c(=NC(=O)c2ccc(F)cc2)sc2cc(OC)c(OC)cc21. The van der Waals surface area contributed by atoms with E-state index in [1.54, 1.807) is 14.2 Å². The number of ether oxygens (including phenoxy) is 2. The van der Waals surface area contributed by atoms with Gasteiger partial charge in [0, 0.05) is 24.2 Å². The molecule has 0 unspecified atom stereocenters. The zero-order chi connectivity index (χ0) is 18.7. The number of rotatable bonds is 5. The van der Waals surface area contributed by atoms with Crippen LogP contribution in [0.1, 0.15) is 23.7 Å². The van der Waals surface area contributed by atoms with Gasteiger partial charge >= 0.3 is 0 Å². The second kappa shape index (κ2) is 7.70. The molecule has 3 aromatic rings. The second-order valence-electron chi connectivity index (χ2n) is 5.64. The van der Waals surface area contributed by atoms with Gasteiger partial charge in [0.2, 0.25) is 0 Å². The standard InChI is InChI=1S/C19H19FN2O3S/c1-4-9-22-14-10-15(24-2)16(25-3)11-17(14)26-19(22)21-18(23)12-5-7-13(20)8-6-12/h5-8,10-11H,4,9H2,1-3H3. The van der Waals surface area contributed by atoms with E-state index in [-0.39, 0.29) is 5.82 Å². The Bertz CT molecular complexity index is 1010. The summed E-state index contributed by atoms with van der Waals surface area (Å²) < 4.78 is 26.7. The molecule has 3 rings (SSSR count). The monoisotopic (exact) mass is 374 g/mol. The quantitative estimate of drug-likeness (QED) is 0.678. The number of nitrogens with zero attached hydrogens (tertiary/aromatic N) is 2. The van der Waals surface area contributed by atoms with Gasteiger partial charge in [0.15, 0.2) is 16.3 Å². The summed E-state index contributed by atoms with van der Waals surface area (Å²) in [5.74, 6) is 0.462. The molecule has 0 atom stereocenters. The van der Waals surface area contributed by atoms with E-state index in [1.165, 1.54) is 35.6 Å². The summed E-state index contributed by atoms with van der Waals surface area (Å²) in [6, 6.07) is 9.15. The normalized spacial score (nSPS) is 11.8. The first kappa shape index (κ1) is 18.1. The van der Waals surface area contributed by atoms with Crippen LogP contribution in [0.15, 0.2) is 41.4 Å². The van der Waals surface area contributed by atoms with Gasteiger partial charge < -0.3 is 14.0 Å². The van der Waals surface area contributed by atoms with Crippen LogP contribution in [0.25, 0.3) is 10.2 Å². The van der Waals surface area contributed by atoms with Gasteiger partial charge in [-0.25, -0.2) is 4.39 Å². The Morgan fingerprint density at radius 3 is 2.42 bits per heavy atom. The number of amides is 1. The maximum absolute atomic E-state index is 13.1. The van der Waals surface area contributed by atoms with Gasteiger partial charge in [-0.2, -0.15) is 4.99 Å². The molecule has 0 N–H and O–H groups in total. The van der Waals surface area contributed by atoms with Crippen molar-refractivity contribution in [2.24, 2.45) is 4.99 Å². The second-order valence-corrected chi connectivity index (χ2v) is 6.64. The molecule has 0 fully saturated rings. The first-order valence-electron chi connectivity index (χ1n) is 8.17. The fraction of sp³-hybridized carbons (Fsp3) is 0.263. The molecular weight excluding hydrogens is 355 g/mol. The van der Waals surface area contributed by atoms with E-state index >= 15 is 0 Å². The first-order valence-corrected chi connectivity index (χ1v) is 8.99. The van der Waals surface area contributed by atoms with Crippen molar-refractivity contribution >= 4 is 27.5 Å². The van der Waals surface area contributed by atoms with Crippen LogP contribution in [0, 0.1) is 5.82 Å². The summed E-state index contributed by atoms with van der Waals surface area (Å²) in [7, 11) is 3.17. The van der Waals surface area contributed by atoms with Crippen LogP contribution in [0.2, 0.25) is 0 Å². The topological polar surface area (TPSA) is 52.8 Å². The number of halogens is 1. The van der Waals surface area contributed by atoms with Crippen LogP contribution in [-0.4, -0.2) is 24.7 Å². The van der Waals surface area contributed by atoms with E-state index in [2.05, 4.69) is 11.9 Å². The van der Waals surface area contributed by atoms with Crippen molar-refractivity contribution in [2.45, 2.75) is 19.9 Å². The molecule has 0 aliphatic rings. The predicted octanol–water partition coefficient (Wildman–Crippen LogP) is 4.01. The van der Waals surface area contributed by atoms with Gasteiger partial charge in [0.1, 0.15) is 5.82 Å². The predicted molar refractivity (Wildman–Crippen MR) is 99.5 cm³/mol. The van der Waals surface area contributed by atoms with Crippen LogP contribution in [0.4, 0.5) is 4.39 Å². The molecule has 0 bridgehead atoms. The molecule has 1 amide bonds. The molecule has 26 heavy (non-hydrogen) atoms. The Kier molecular flexibility index (Phi) is 5.37. The summed E-state index contributed by atoms with van der Waals surface area (Å²) >= 11 is 1.40. The number of methoxy groups -OCH3 is 2. The zero-order valence-corrected chi connectivity index (χ0v) is 15.6. The van der Waals surface area contributed by atoms with Crippen molar-refractivity contribution in [2.75, 3.05) is 14.2 Å². The van der Waals surface area contributed by atoms with E-state index < -0.39 is 5.91 Å². The number of benzene rings is 2. The van der Waals surface area contributed by atoms with Gasteiger partial charge in [-0.05, 0) is 30.7 Å². The molecule has 136 valence electrons. The van der Waals surface area contributed by atoms with Gasteiger partial charge in [-0.1, -0.05) is 18.3 Å². The van der Waals surface area contributed by atoms with Crippen molar-refractivity contribution < 1.29 is 18.7 Å². The Morgan fingerprint density at radius 1 is 1.15 bits per heavy atom. The van der Waals surface area contributed by atoms with Crippen LogP contribution in [0.3, 0.4) is 0 Å². The van der Waals surface area contributed by atoms with Crippen molar-refractivity contribution in [1.29, 1.82) is 0 Å². The molecule has 1 heterocycles. The van der Waals surface area contributed by atoms with Gasteiger partial charge in [0.25, 0.3) is 5.91 Å². The van der Waals surface area contributed by atoms with Crippen LogP contribution >= 0.6 is 11.3 Å². The van der Waals surface area contributed by atoms with Gasteiger partial charge in [-0.15, -0.1) is 0 Å². The average Bonchev–Trinajstić information content (AvgIpc) is 2.97. The van der Waals surface area contributed by atoms with E-state index in [4.69, 9.17) is 9.47 Å². The molecule has 0 aliphatic carbocycles. The fourth-order valence-electron chi connectivity index (χ4n) is 2.67. The number of aryl methyl sites for hydroxylation is 1.